The van der Waals surface area contributed by atoms with E-state index in [1.807, 2.05) is 0 Å². The number of hydrogen-bond donors (Lipinski definition) is 0. The Bertz CT molecular complexity index is 4360. The quantitative estimate of drug-likeness (QED) is 0.101. The van der Waals surface area contributed by atoms with Gasteiger partial charge in [-0.05, 0) is 102 Å². The van der Waals surface area contributed by atoms with Gasteiger partial charge in [-0.1, -0.05) is 261 Å². The van der Waals surface area contributed by atoms with Crippen molar-refractivity contribution < 1.29 is 0 Å². The number of rotatable bonds is 9. The van der Waals surface area contributed by atoms with Gasteiger partial charge >= 0.3 is 0 Å². The van der Waals surface area contributed by atoms with Gasteiger partial charge in [-0.3, -0.25) is 0 Å². The molecule has 2 heterocycles. The Balaban J connectivity index is 0.972. The van der Waals surface area contributed by atoms with Crippen LogP contribution in [-0.2, 0) is 5.41 Å². The van der Waals surface area contributed by atoms with Crippen LogP contribution in [0, 0.1) is 0 Å². The predicted molar refractivity (Wildman–Crippen MR) is 321 cm³/mol. The summed E-state index contributed by atoms with van der Waals surface area (Å²) in [6.07, 6.45) is 0. The minimum absolute atomic E-state index is 0.562. The molecule has 356 valence electrons. The molecule has 0 radical (unpaired) electrons. The van der Waals surface area contributed by atoms with Crippen molar-refractivity contribution in [1.82, 2.24) is 9.13 Å². The van der Waals surface area contributed by atoms with Crippen LogP contribution in [0.3, 0.4) is 0 Å². The van der Waals surface area contributed by atoms with Crippen molar-refractivity contribution in [1.29, 1.82) is 0 Å². The van der Waals surface area contributed by atoms with Crippen LogP contribution in [0.5, 0.6) is 0 Å². The van der Waals surface area contributed by atoms with E-state index in [2.05, 4.69) is 312 Å². The molecule has 15 rings (SSSR count). The molecule has 0 atom stereocenters. The number of fused-ring (bicyclic) bond motifs is 9. The minimum Gasteiger partial charge on any atom is -0.309 e. The first-order valence-corrected chi connectivity index (χ1v) is 28.4. The van der Waals surface area contributed by atoms with Crippen LogP contribution in [0.4, 0.5) is 0 Å². The molecule has 0 aliphatic heterocycles. The fourth-order valence-electron chi connectivity index (χ4n) is 13.6. The maximum atomic E-state index is 2.54. The summed E-state index contributed by atoms with van der Waals surface area (Å²) >= 11 is 0. The molecule has 0 fully saturated rings. The SMILES string of the molecule is c1ccc(C2(c3ccccc3)c3ccccc3-c3cccc(-c4cccc5c6ccccc6n(-c6ccc7c(c6)c6ccccc6n7-c6cccc([Si](c7ccccc7)(c7ccccc7)c7ccccc7)c6)c45)c32)cc1. The van der Waals surface area contributed by atoms with Crippen molar-refractivity contribution in [2.45, 2.75) is 5.41 Å². The molecule has 14 aromatic rings. The average molecular weight is 983 g/mol. The van der Waals surface area contributed by atoms with Gasteiger partial charge in [0, 0.05) is 38.5 Å². The van der Waals surface area contributed by atoms with Crippen molar-refractivity contribution in [2.24, 2.45) is 0 Å². The zero-order chi connectivity index (χ0) is 50.2. The van der Waals surface area contributed by atoms with Crippen LogP contribution in [0.1, 0.15) is 22.3 Å². The fraction of sp³-hybridized carbons (Fsp3) is 0.0137. The van der Waals surface area contributed by atoms with E-state index in [1.165, 1.54) is 109 Å². The van der Waals surface area contributed by atoms with E-state index in [4.69, 9.17) is 0 Å². The fourth-order valence-corrected chi connectivity index (χ4v) is 18.3. The monoisotopic (exact) mass is 982 g/mol. The highest BCUT2D eigenvalue weighted by Gasteiger charge is 2.48. The highest BCUT2D eigenvalue weighted by Crippen LogP contribution is 2.59. The number of hydrogen-bond acceptors (Lipinski definition) is 0. The van der Waals surface area contributed by atoms with E-state index >= 15 is 0 Å². The van der Waals surface area contributed by atoms with Gasteiger partial charge < -0.3 is 9.13 Å². The Morgan fingerprint density at radius 3 is 1.32 bits per heavy atom. The smallest absolute Gasteiger partial charge is 0.179 e. The van der Waals surface area contributed by atoms with Crippen molar-refractivity contribution in [3.63, 3.8) is 0 Å². The summed E-state index contributed by atoms with van der Waals surface area (Å²) in [5.74, 6) is 0. The second kappa shape index (κ2) is 17.6. The molecule has 0 saturated heterocycles. The van der Waals surface area contributed by atoms with Crippen LogP contribution in [0.25, 0.3) is 77.2 Å². The van der Waals surface area contributed by atoms with Gasteiger partial charge in [0.15, 0.2) is 8.07 Å². The van der Waals surface area contributed by atoms with E-state index in [0.29, 0.717) is 0 Å². The molecule has 1 aliphatic rings. The van der Waals surface area contributed by atoms with E-state index in [0.717, 1.165) is 11.4 Å². The van der Waals surface area contributed by atoms with Crippen molar-refractivity contribution in [2.75, 3.05) is 0 Å². The summed E-state index contributed by atoms with van der Waals surface area (Å²) in [5, 5.41) is 10.3. The maximum Gasteiger partial charge on any atom is 0.179 e. The molecular weight excluding hydrogens is 933 g/mol. The lowest BCUT2D eigenvalue weighted by Gasteiger charge is -2.35. The summed E-state index contributed by atoms with van der Waals surface area (Å²) in [7, 11) is -2.80. The van der Waals surface area contributed by atoms with Crippen LogP contribution in [0.2, 0.25) is 0 Å². The Morgan fingerprint density at radius 2 is 0.684 bits per heavy atom. The van der Waals surface area contributed by atoms with E-state index in [1.54, 1.807) is 0 Å². The molecule has 76 heavy (non-hydrogen) atoms. The molecule has 2 aromatic heterocycles. The van der Waals surface area contributed by atoms with Crippen LogP contribution in [0.15, 0.2) is 303 Å². The standard InChI is InChI=1S/C73H50N2Si/c1-6-25-51(26-7-1)73(52-27-8-2-9-28-52)67-44-19-16-37-59(67)62-40-23-41-63(71(62)73)65-43-24-42-64-60-38-17-21-46-69(60)75(72(64)65)54-47-48-70-66(50-54)61-39-18-20-45-68(61)74(70)53-29-22-36-58(49-53)76(55-30-10-3-11-31-55,56-32-12-4-13-33-56)57-34-14-5-15-35-57/h1-50H. The molecular formula is C73H50N2Si. The molecule has 0 saturated carbocycles. The Morgan fingerprint density at radius 1 is 0.263 bits per heavy atom. The molecule has 0 bridgehead atoms. The van der Waals surface area contributed by atoms with E-state index in [-0.39, 0.29) is 0 Å². The van der Waals surface area contributed by atoms with Crippen molar-refractivity contribution in [3.05, 3.63) is 326 Å². The molecule has 0 spiro atoms. The Labute approximate surface area is 443 Å². The second-order valence-electron chi connectivity index (χ2n) is 20.3. The topological polar surface area (TPSA) is 9.86 Å². The lowest BCUT2D eigenvalue weighted by molar-refractivity contribution is 0.770. The molecule has 3 heteroatoms. The summed E-state index contributed by atoms with van der Waals surface area (Å²) in [4.78, 5) is 0. The lowest BCUT2D eigenvalue weighted by atomic mass is 9.66. The number of aromatic nitrogens is 2. The van der Waals surface area contributed by atoms with Gasteiger partial charge in [0.2, 0.25) is 0 Å². The zero-order valence-corrected chi connectivity index (χ0v) is 42.8. The first-order chi connectivity index (χ1) is 37.7. The van der Waals surface area contributed by atoms with Crippen molar-refractivity contribution >= 4 is 72.4 Å². The van der Waals surface area contributed by atoms with Crippen LogP contribution < -0.4 is 20.7 Å². The summed E-state index contributed by atoms with van der Waals surface area (Å²) in [6, 6.07) is 114. The third-order valence-corrected chi connectivity index (χ3v) is 21.3. The third kappa shape index (κ3) is 6.33. The minimum atomic E-state index is -2.80. The normalized spacial score (nSPS) is 12.8. The molecule has 2 nitrogen and oxygen atoms in total. The van der Waals surface area contributed by atoms with Gasteiger partial charge in [0.25, 0.3) is 0 Å². The van der Waals surface area contributed by atoms with Gasteiger partial charge in [-0.2, -0.15) is 0 Å². The van der Waals surface area contributed by atoms with Crippen LogP contribution >= 0.6 is 0 Å². The summed E-state index contributed by atoms with van der Waals surface area (Å²) < 4.78 is 5.03. The Kier molecular flexibility index (Phi) is 10.2. The first-order valence-electron chi connectivity index (χ1n) is 26.4. The van der Waals surface area contributed by atoms with E-state index in [9.17, 15) is 0 Å². The summed E-state index contributed by atoms with van der Waals surface area (Å²) in [5.41, 5.74) is 16.6. The third-order valence-electron chi connectivity index (χ3n) is 16.5. The first kappa shape index (κ1) is 44.0. The van der Waals surface area contributed by atoms with Crippen molar-refractivity contribution in [3.8, 4) is 33.6 Å². The summed E-state index contributed by atoms with van der Waals surface area (Å²) in [6.45, 7) is 0. The molecule has 0 amide bonds. The van der Waals surface area contributed by atoms with Crippen LogP contribution in [-0.4, -0.2) is 17.2 Å². The second-order valence-corrected chi connectivity index (χ2v) is 24.1. The largest absolute Gasteiger partial charge is 0.309 e. The highest BCUT2D eigenvalue weighted by atomic mass is 28.3. The van der Waals surface area contributed by atoms with Gasteiger partial charge in [-0.15, -0.1) is 0 Å². The number of nitrogens with zero attached hydrogens (tertiary/aromatic N) is 2. The zero-order valence-electron chi connectivity index (χ0n) is 41.8. The molecule has 12 aromatic carbocycles. The Hall–Kier alpha value is -9.54. The average Bonchev–Trinajstić information content (AvgIpc) is 4.30. The van der Waals surface area contributed by atoms with Gasteiger partial charge in [-0.25, -0.2) is 0 Å². The maximum absolute atomic E-state index is 2.80. The van der Waals surface area contributed by atoms with Gasteiger partial charge in [0.1, 0.15) is 0 Å². The van der Waals surface area contributed by atoms with Gasteiger partial charge in [0.05, 0.1) is 27.5 Å². The molecule has 0 unspecified atom stereocenters. The highest BCUT2D eigenvalue weighted by molar-refractivity contribution is 7.19. The number of para-hydroxylation sites is 3. The predicted octanol–water partition coefficient (Wildman–Crippen LogP) is 15.3. The lowest BCUT2D eigenvalue weighted by Crippen LogP contribution is -2.74. The molecule has 0 N–H and O–H groups in total. The van der Waals surface area contributed by atoms with E-state index < -0.39 is 13.5 Å². The number of benzene rings is 12. The molecule has 1 aliphatic carbocycles.